The van der Waals surface area contributed by atoms with Crippen LogP contribution in [-0.4, -0.2) is 17.7 Å². The summed E-state index contributed by atoms with van der Waals surface area (Å²) < 4.78 is 12.9. The lowest BCUT2D eigenvalue weighted by Crippen LogP contribution is -2.35. The van der Waals surface area contributed by atoms with Crippen molar-refractivity contribution in [2.45, 2.75) is 6.42 Å². The zero-order chi connectivity index (χ0) is 10.1. The molecule has 0 fully saturated rings. The van der Waals surface area contributed by atoms with Crippen molar-refractivity contribution < 1.29 is 9.60 Å². The van der Waals surface area contributed by atoms with Gasteiger partial charge in [0.2, 0.25) is 5.96 Å². The summed E-state index contributed by atoms with van der Waals surface area (Å²) in [5.74, 6) is -0.323. The first-order valence-electron chi connectivity index (χ1n) is 4.26. The third-order valence-electron chi connectivity index (χ3n) is 2.32. The Hall–Kier alpha value is -1.78. The summed E-state index contributed by atoms with van der Waals surface area (Å²) in [4.78, 5) is 1.58. The number of benzene rings is 1. The van der Waals surface area contributed by atoms with E-state index in [1.165, 1.54) is 12.1 Å². The zero-order valence-corrected chi connectivity index (χ0v) is 7.44. The number of nitrogens with zero attached hydrogens (tertiary/aromatic N) is 2. The molecule has 3 N–H and O–H groups in total. The predicted molar refractivity (Wildman–Crippen MR) is 50.9 cm³/mol. The first-order valence-corrected chi connectivity index (χ1v) is 4.26. The third-order valence-corrected chi connectivity index (χ3v) is 2.32. The maximum absolute atomic E-state index is 12.9. The van der Waals surface area contributed by atoms with Crippen LogP contribution in [0.15, 0.2) is 23.4 Å². The number of hydrogen-bond acceptors (Lipinski definition) is 2. The molecule has 74 valence electrons. The Morgan fingerprint density at radius 1 is 1.57 bits per heavy atom. The fourth-order valence-electron chi connectivity index (χ4n) is 1.64. The van der Waals surface area contributed by atoms with Crippen molar-refractivity contribution >= 4 is 11.6 Å². The van der Waals surface area contributed by atoms with Gasteiger partial charge in [-0.1, -0.05) is 11.2 Å². The predicted octanol–water partition coefficient (Wildman–Crippen LogP) is 0.892. The molecule has 1 aliphatic rings. The number of anilines is 1. The number of fused-ring (bicyclic) bond motifs is 1. The van der Waals surface area contributed by atoms with Gasteiger partial charge in [0, 0.05) is 6.54 Å². The number of rotatable bonds is 0. The van der Waals surface area contributed by atoms with Crippen LogP contribution in [0.4, 0.5) is 10.1 Å². The Kier molecular flexibility index (Phi) is 1.99. The van der Waals surface area contributed by atoms with Crippen LogP contribution in [0, 0.1) is 5.82 Å². The summed E-state index contributed by atoms with van der Waals surface area (Å²) in [6.45, 7) is 0.620. The molecular formula is C9H10FN3O. The highest BCUT2D eigenvalue weighted by atomic mass is 19.1. The van der Waals surface area contributed by atoms with Crippen LogP contribution in [0.2, 0.25) is 0 Å². The van der Waals surface area contributed by atoms with E-state index in [9.17, 15) is 4.39 Å². The van der Waals surface area contributed by atoms with Gasteiger partial charge in [0.05, 0.1) is 5.69 Å². The van der Waals surface area contributed by atoms with Crippen molar-refractivity contribution in [2.75, 3.05) is 11.4 Å². The first-order chi connectivity index (χ1) is 6.72. The minimum Gasteiger partial charge on any atom is -0.408 e. The highest BCUT2D eigenvalue weighted by Gasteiger charge is 2.22. The molecule has 1 aromatic carbocycles. The first kappa shape index (κ1) is 8.80. The topological polar surface area (TPSA) is 61.9 Å². The number of guanidine groups is 1. The molecular weight excluding hydrogens is 185 g/mol. The van der Waals surface area contributed by atoms with Crippen molar-refractivity contribution in [1.29, 1.82) is 0 Å². The molecule has 0 saturated carbocycles. The second-order valence-corrected chi connectivity index (χ2v) is 3.13. The largest absolute Gasteiger partial charge is 0.408 e. The van der Waals surface area contributed by atoms with Crippen LogP contribution in [-0.2, 0) is 6.42 Å². The van der Waals surface area contributed by atoms with Gasteiger partial charge in [0.25, 0.3) is 0 Å². The fraction of sp³-hybridized carbons (Fsp3) is 0.222. The lowest BCUT2D eigenvalue weighted by Gasteiger charge is -2.16. The molecule has 5 heteroatoms. The molecule has 0 atom stereocenters. The molecule has 0 aliphatic carbocycles. The Labute approximate surface area is 80.4 Å². The van der Waals surface area contributed by atoms with Gasteiger partial charge < -0.3 is 15.8 Å². The van der Waals surface area contributed by atoms with Crippen molar-refractivity contribution in [3.63, 3.8) is 0 Å². The minimum absolute atomic E-state index is 0.00523. The minimum atomic E-state index is -0.318. The quantitative estimate of drug-likeness (QED) is 0.280. The van der Waals surface area contributed by atoms with Crippen molar-refractivity contribution in [3.8, 4) is 0 Å². The highest BCUT2D eigenvalue weighted by molar-refractivity contribution is 5.96. The Bertz CT molecular complexity index is 392. The van der Waals surface area contributed by atoms with Crippen LogP contribution in [0.25, 0.3) is 0 Å². The van der Waals surface area contributed by atoms with Crippen LogP contribution in [0.1, 0.15) is 5.56 Å². The Morgan fingerprint density at radius 2 is 2.36 bits per heavy atom. The van der Waals surface area contributed by atoms with Crippen LogP contribution >= 0.6 is 0 Å². The van der Waals surface area contributed by atoms with Gasteiger partial charge in [-0.15, -0.1) is 0 Å². The molecule has 0 radical (unpaired) electrons. The maximum Gasteiger partial charge on any atom is 0.237 e. The molecule has 1 heterocycles. The van der Waals surface area contributed by atoms with E-state index in [2.05, 4.69) is 5.16 Å². The molecule has 4 nitrogen and oxygen atoms in total. The Balaban J connectivity index is 2.43. The number of hydrogen-bond donors (Lipinski definition) is 2. The summed E-state index contributed by atoms with van der Waals surface area (Å²) in [5.41, 5.74) is 7.14. The molecule has 0 spiro atoms. The SMILES string of the molecule is N/C(=N/O)N1CCc2ccc(F)cc21. The number of oxime groups is 1. The van der Waals surface area contributed by atoms with Gasteiger partial charge >= 0.3 is 0 Å². The molecule has 0 bridgehead atoms. The average molecular weight is 195 g/mol. The fourth-order valence-corrected chi connectivity index (χ4v) is 1.64. The van der Waals surface area contributed by atoms with Gasteiger partial charge in [0.1, 0.15) is 5.82 Å². The van der Waals surface area contributed by atoms with Crippen LogP contribution in [0.3, 0.4) is 0 Å². The van der Waals surface area contributed by atoms with Gasteiger partial charge in [-0.25, -0.2) is 4.39 Å². The summed E-state index contributed by atoms with van der Waals surface area (Å²) in [5, 5.41) is 11.4. The van der Waals surface area contributed by atoms with Crippen LogP contribution < -0.4 is 10.6 Å². The van der Waals surface area contributed by atoms with Crippen molar-refractivity contribution in [2.24, 2.45) is 10.9 Å². The van der Waals surface area contributed by atoms with Gasteiger partial charge in [0.15, 0.2) is 0 Å². The summed E-state index contributed by atoms with van der Waals surface area (Å²) in [6, 6.07) is 4.52. The summed E-state index contributed by atoms with van der Waals surface area (Å²) in [7, 11) is 0. The summed E-state index contributed by atoms with van der Waals surface area (Å²) >= 11 is 0. The van der Waals surface area contributed by atoms with E-state index in [0.29, 0.717) is 12.2 Å². The van der Waals surface area contributed by atoms with Crippen molar-refractivity contribution in [3.05, 3.63) is 29.6 Å². The highest BCUT2D eigenvalue weighted by Crippen LogP contribution is 2.28. The lowest BCUT2D eigenvalue weighted by atomic mass is 10.2. The molecule has 1 aliphatic heterocycles. The lowest BCUT2D eigenvalue weighted by molar-refractivity contribution is 0.317. The molecule has 14 heavy (non-hydrogen) atoms. The van der Waals surface area contributed by atoms with E-state index in [1.54, 1.807) is 11.0 Å². The van der Waals surface area contributed by atoms with Crippen molar-refractivity contribution in [1.82, 2.24) is 0 Å². The monoisotopic (exact) mass is 195 g/mol. The zero-order valence-electron chi connectivity index (χ0n) is 7.44. The molecule has 1 aromatic rings. The third kappa shape index (κ3) is 1.26. The average Bonchev–Trinajstić information content (AvgIpc) is 2.59. The van der Waals surface area contributed by atoms with E-state index >= 15 is 0 Å². The summed E-state index contributed by atoms with van der Waals surface area (Å²) in [6.07, 6.45) is 0.784. The van der Waals surface area contributed by atoms with Gasteiger partial charge in [-0.05, 0) is 24.1 Å². The standard InChI is InChI=1S/C9H10FN3O/c10-7-2-1-6-3-4-13(8(6)5-7)9(11)12-14/h1-2,5,14H,3-4H2,(H2,11,12). The van der Waals surface area contributed by atoms with Gasteiger partial charge in [-0.3, -0.25) is 0 Å². The van der Waals surface area contributed by atoms with E-state index in [1.807, 2.05) is 0 Å². The molecule has 0 saturated heterocycles. The van der Waals surface area contributed by atoms with E-state index < -0.39 is 0 Å². The maximum atomic E-state index is 12.9. The Morgan fingerprint density at radius 3 is 3.07 bits per heavy atom. The second kappa shape index (κ2) is 3.17. The molecule has 0 aromatic heterocycles. The number of halogens is 1. The van der Waals surface area contributed by atoms with E-state index in [4.69, 9.17) is 10.9 Å². The molecule has 2 rings (SSSR count). The van der Waals surface area contributed by atoms with Crippen LogP contribution in [0.5, 0.6) is 0 Å². The molecule has 0 amide bonds. The normalized spacial score (nSPS) is 15.8. The van der Waals surface area contributed by atoms with E-state index in [0.717, 1.165) is 12.0 Å². The number of nitrogens with two attached hydrogens (primary N) is 1. The molecule has 0 unspecified atom stereocenters. The second-order valence-electron chi connectivity index (χ2n) is 3.13. The van der Waals surface area contributed by atoms with Gasteiger partial charge in [-0.2, -0.15) is 0 Å². The van der Waals surface area contributed by atoms with E-state index in [-0.39, 0.29) is 11.8 Å². The smallest absolute Gasteiger partial charge is 0.237 e.